The predicted octanol–water partition coefficient (Wildman–Crippen LogP) is 1.35. The Morgan fingerprint density at radius 1 is 1.43 bits per heavy atom. The Hall–Kier alpha value is -2.18. The SMILES string of the molecule is CC(C)(C)OC(=O)N[C@H]1CCN(c2ccc(N)c(N)n2)C1. The zero-order valence-electron chi connectivity index (χ0n) is 12.7. The van der Waals surface area contributed by atoms with E-state index >= 15 is 0 Å². The number of nitrogens with zero attached hydrogens (tertiary/aromatic N) is 2. The molecule has 0 saturated carbocycles. The molecule has 1 fully saturated rings. The Labute approximate surface area is 124 Å². The van der Waals surface area contributed by atoms with Crippen LogP contribution >= 0.6 is 0 Å². The fourth-order valence-electron chi connectivity index (χ4n) is 2.21. The summed E-state index contributed by atoms with van der Waals surface area (Å²) in [6.45, 7) is 7.00. The highest BCUT2D eigenvalue weighted by Crippen LogP contribution is 2.22. The van der Waals surface area contributed by atoms with Crippen molar-refractivity contribution in [1.29, 1.82) is 0 Å². The second-order valence-corrected chi connectivity index (χ2v) is 6.22. The molecule has 1 saturated heterocycles. The molecule has 7 heteroatoms. The summed E-state index contributed by atoms with van der Waals surface area (Å²) in [4.78, 5) is 18.1. The molecule has 7 nitrogen and oxygen atoms in total. The standard InChI is InChI=1S/C14H23N5O2/c1-14(2,3)21-13(20)17-9-6-7-19(8-9)11-5-4-10(15)12(16)18-11/h4-5,9H,6-8,15H2,1-3H3,(H2,16,18)(H,17,20)/t9-/m0/s1. The minimum atomic E-state index is -0.491. The minimum Gasteiger partial charge on any atom is -0.444 e. The maximum atomic E-state index is 11.8. The molecular weight excluding hydrogens is 270 g/mol. The number of rotatable bonds is 2. The largest absolute Gasteiger partial charge is 0.444 e. The molecule has 0 aromatic carbocycles. The van der Waals surface area contributed by atoms with E-state index in [-0.39, 0.29) is 12.1 Å². The van der Waals surface area contributed by atoms with E-state index < -0.39 is 5.60 Å². The highest BCUT2D eigenvalue weighted by atomic mass is 16.6. The lowest BCUT2D eigenvalue weighted by Gasteiger charge is -2.22. The molecule has 5 N–H and O–H groups in total. The Morgan fingerprint density at radius 3 is 2.76 bits per heavy atom. The minimum absolute atomic E-state index is 0.0421. The lowest BCUT2D eigenvalue weighted by Crippen LogP contribution is -2.40. The monoisotopic (exact) mass is 293 g/mol. The average molecular weight is 293 g/mol. The first-order valence-electron chi connectivity index (χ1n) is 7.01. The molecule has 0 unspecified atom stereocenters. The molecule has 1 aliphatic rings. The van der Waals surface area contributed by atoms with Crippen molar-refractivity contribution >= 4 is 23.4 Å². The summed E-state index contributed by atoms with van der Waals surface area (Å²) >= 11 is 0. The molecule has 0 aliphatic carbocycles. The van der Waals surface area contributed by atoms with Gasteiger partial charge in [0.15, 0.2) is 0 Å². The Bertz CT molecular complexity index is 527. The Morgan fingerprint density at radius 2 is 2.14 bits per heavy atom. The first-order chi connectivity index (χ1) is 9.74. The number of amides is 1. The Balaban J connectivity index is 1.91. The molecule has 2 heterocycles. The number of nitrogen functional groups attached to an aromatic ring is 2. The molecule has 21 heavy (non-hydrogen) atoms. The van der Waals surface area contributed by atoms with Gasteiger partial charge in [-0.05, 0) is 39.3 Å². The highest BCUT2D eigenvalue weighted by molar-refractivity contribution is 5.68. The van der Waals surface area contributed by atoms with Crippen LogP contribution < -0.4 is 21.7 Å². The Kier molecular flexibility index (Phi) is 4.11. The van der Waals surface area contributed by atoms with E-state index in [0.29, 0.717) is 18.1 Å². The van der Waals surface area contributed by atoms with E-state index in [4.69, 9.17) is 16.2 Å². The van der Waals surface area contributed by atoms with Crippen LogP contribution in [0.3, 0.4) is 0 Å². The number of alkyl carbamates (subject to hydrolysis) is 1. The van der Waals surface area contributed by atoms with Gasteiger partial charge in [-0.25, -0.2) is 9.78 Å². The number of pyridine rings is 1. The number of carbonyl (C=O) groups excluding carboxylic acids is 1. The van der Waals surface area contributed by atoms with Gasteiger partial charge >= 0.3 is 6.09 Å². The van der Waals surface area contributed by atoms with Gasteiger partial charge in [-0.1, -0.05) is 0 Å². The molecule has 1 amide bonds. The van der Waals surface area contributed by atoms with Gasteiger partial charge in [-0.15, -0.1) is 0 Å². The smallest absolute Gasteiger partial charge is 0.407 e. The number of hydrogen-bond donors (Lipinski definition) is 3. The molecule has 116 valence electrons. The van der Waals surface area contributed by atoms with Crippen molar-refractivity contribution < 1.29 is 9.53 Å². The van der Waals surface area contributed by atoms with E-state index in [0.717, 1.165) is 18.8 Å². The fraction of sp³-hybridized carbons (Fsp3) is 0.571. The molecule has 1 atom stereocenters. The van der Waals surface area contributed by atoms with Crippen LogP contribution in [0.15, 0.2) is 12.1 Å². The number of ether oxygens (including phenoxy) is 1. The third-order valence-electron chi connectivity index (χ3n) is 3.18. The van der Waals surface area contributed by atoms with Crippen molar-refractivity contribution in [2.75, 3.05) is 29.5 Å². The fourth-order valence-corrected chi connectivity index (χ4v) is 2.21. The average Bonchev–Trinajstić information content (AvgIpc) is 2.78. The summed E-state index contributed by atoms with van der Waals surface area (Å²) in [5, 5.41) is 2.87. The number of hydrogen-bond acceptors (Lipinski definition) is 6. The molecule has 0 spiro atoms. The maximum Gasteiger partial charge on any atom is 0.407 e. The lowest BCUT2D eigenvalue weighted by atomic mass is 10.2. The van der Waals surface area contributed by atoms with E-state index in [2.05, 4.69) is 15.2 Å². The number of nitrogens with one attached hydrogen (secondary N) is 1. The third kappa shape index (κ3) is 4.14. The van der Waals surface area contributed by atoms with Crippen LogP contribution in [-0.4, -0.2) is 35.8 Å². The van der Waals surface area contributed by atoms with Crippen molar-refractivity contribution in [3.05, 3.63) is 12.1 Å². The number of nitrogens with two attached hydrogens (primary N) is 2. The molecule has 2 rings (SSSR count). The summed E-state index contributed by atoms with van der Waals surface area (Å²) in [6, 6.07) is 3.62. The summed E-state index contributed by atoms with van der Waals surface area (Å²) in [5.74, 6) is 1.10. The van der Waals surface area contributed by atoms with Gasteiger partial charge in [-0.3, -0.25) is 0 Å². The normalized spacial score (nSPS) is 18.6. The van der Waals surface area contributed by atoms with Crippen molar-refractivity contribution in [2.24, 2.45) is 0 Å². The van der Waals surface area contributed by atoms with E-state index in [1.54, 1.807) is 6.07 Å². The zero-order valence-corrected chi connectivity index (χ0v) is 12.7. The van der Waals surface area contributed by atoms with Gasteiger partial charge in [0.25, 0.3) is 0 Å². The molecule has 1 aromatic rings. The van der Waals surface area contributed by atoms with Crippen LogP contribution in [-0.2, 0) is 4.74 Å². The quantitative estimate of drug-likeness (QED) is 0.760. The van der Waals surface area contributed by atoms with Gasteiger partial charge in [0.05, 0.1) is 11.7 Å². The van der Waals surface area contributed by atoms with Gasteiger partial charge in [-0.2, -0.15) is 0 Å². The van der Waals surface area contributed by atoms with Gasteiger partial charge in [0.2, 0.25) is 0 Å². The first kappa shape index (κ1) is 15.2. The third-order valence-corrected chi connectivity index (χ3v) is 3.18. The van der Waals surface area contributed by atoms with Crippen LogP contribution in [0.5, 0.6) is 0 Å². The zero-order chi connectivity index (χ0) is 15.6. The van der Waals surface area contributed by atoms with Crippen molar-refractivity contribution in [1.82, 2.24) is 10.3 Å². The van der Waals surface area contributed by atoms with E-state index in [1.807, 2.05) is 26.8 Å². The van der Waals surface area contributed by atoms with Crippen LogP contribution in [0, 0.1) is 0 Å². The summed E-state index contributed by atoms with van der Waals surface area (Å²) in [5.41, 5.74) is 11.4. The molecule has 1 aromatic heterocycles. The van der Waals surface area contributed by atoms with Crippen molar-refractivity contribution in [2.45, 2.75) is 38.8 Å². The first-order valence-corrected chi connectivity index (χ1v) is 7.01. The van der Waals surface area contributed by atoms with Crippen LogP contribution in [0.4, 0.5) is 22.1 Å². The second-order valence-electron chi connectivity index (χ2n) is 6.22. The van der Waals surface area contributed by atoms with Gasteiger partial charge in [0.1, 0.15) is 17.2 Å². The van der Waals surface area contributed by atoms with E-state index in [1.165, 1.54) is 0 Å². The van der Waals surface area contributed by atoms with Crippen LogP contribution in [0.25, 0.3) is 0 Å². The van der Waals surface area contributed by atoms with Crippen LogP contribution in [0.2, 0.25) is 0 Å². The molecule has 0 radical (unpaired) electrons. The molecular formula is C14H23N5O2. The lowest BCUT2D eigenvalue weighted by molar-refractivity contribution is 0.0509. The van der Waals surface area contributed by atoms with Gasteiger partial charge < -0.3 is 26.4 Å². The number of aromatic nitrogens is 1. The predicted molar refractivity (Wildman–Crippen MR) is 83.0 cm³/mol. The number of anilines is 3. The summed E-state index contributed by atoms with van der Waals surface area (Å²) < 4.78 is 5.25. The van der Waals surface area contributed by atoms with Crippen molar-refractivity contribution in [3.63, 3.8) is 0 Å². The van der Waals surface area contributed by atoms with Crippen LogP contribution in [0.1, 0.15) is 27.2 Å². The molecule has 0 bridgehead atoms. The molecule has 1 aliphatic heterocycles. The summed E-state index contributed by atoms with van der Waals surface area (Å²) in [6.07, 6.45) is 0.449. The summed E-state index contributed by atoms with van der Waals surface area (Å²) in [7, 11) is 0. The van der Waals surface area contributed by atoms with E-state index in [9.17, 15) is 4.79 Å². The number of carbonyl (C=O) groups is 1. The van der Waals surface area contributed by atoms with Gasteiger partial charge in [0, 0.05) is 13.1 Å². The second kappa shape index (κ2) is 5.67. The highest BCUT2D eigenvalue weighted by Gasteiger charge is 2.27. The van der Waals surface area contributed by atoms with Crippen molar-refractivity contribution in [3.8, 4) is 0 Å². The topological polar surface area (TPSA) is 106 Å². The maximum absolute atomic E-state index is 11.8.